The smallest absolute Gasteiger partial charge is 0.262 e. The van der Waals surface area contributed by atoms with Crippen LogP contribution in [0.25, 0.3) is 0 Å². The molecule has 3 aromatic carbocycles. The molecule has 1 amide bonds. The molecule has 0 saturated carbocycles. The minimum Gasteiger partial charge on any atom is -0.491 e. The van der Waals surface area contributed by atoms with Crippen molar-refractivity contribution < 1.29 is 17.9 Å². The average molecular weight is 439 g/mol. The number of carbonyl (C=O) groups excluding carboxylic acids is 1. The first-order chi connectivity index (χ1) is 14.8. The van der Waals surface area contributed by atoms with Crippen molar-refractivity contribution in [3.8, 4) is 5.75 Å². The Balaban J connectivity index is 1.65. The van der Waals surface area contributed by atoms with Gasteiger partial charge < -0.3 is 10.1 Å². The Morgan fingerprint density at radius 2 is 1.65 bits per heavy atom. The molecule has 6 nitrogen and oxygen atoms in total. The van der Waals surface area contributed by atoms with E-state index in [1.165, 1.54) is 6.07 Å². The van der Waals surface area contributed by atoms with Crippen molar-refractivity contribution in [2.24, 2.45) is 0 Å². The first-order valence-electron chi connectivity index (χ1n) is 9.93. The van der Waals surface area contributed by atoms with Gasteiger partial charge in [0.25, 0.3) is 15.9 Å². The molecule has 0 spiro atoms. The highest BCUT2D eigenvalue weighted by Gasteiger charge is 2.19. The molecule has 0 radical (unpaired) electrons. The summed E-state index contributed by atoms with van der Waals surface area (Å²) in [6.07, 6.45) is 0. The fourth-order valence-corrected chi connectivity index (χ4v) is 4.39. The van der Waals surface area contributed by atoms with Crippen LogP contribution in [0.4, 0.5) is 5.69 Å². The van der Waals surface area contributed by atoms with Crippen LogP contribution in [-0.4, -0.2) is 27.5 Å². The first-order valence-corrected chi connectivity index (χ1v) is 11.4. The number of sulfonamides is 1. The number of hydrogen-bond donors (Lipinski definition) is 2. The van der Waals surface area contributed by atoms with E-state index in [0.29, 0.717) is 24.4 Å². The average Bonchev–Trinajstić information content (AvgIpc) is 2.74. The van der Waals surface area contributed by atoms with Crippen LogP contribution >= 0.6 is 0 Å². The van der Waals surface area contributed by atoms with E-state index < -0.39 is 10.0 Å². The van der Waals surface area contributed by atoms with Gasteiger partial charge in [0.05, 0.1) is 11.4 Å². The minimum atomic E-state index is -3.82. The Labute approximate surface area is 183 Å². The van der Waals surface area contributed by atoms with Crippen LogP contribution in [0.3, 0.4) is 0 Å². The largest absolute Gasteiger partial charge is 0.491 e. The summed E-state index contributed by atoms with van der Waals surface area (Å²) in [5.41, 5.74) is 3.48. The summed E-state index contributed by atoms with van der Waals surface area (Å²) in [7, 11) is -3.82. The third-order valence-electron chi connectivity index (χ3n) is 4.97. The normalized spacial score (nSPS) is 11.1. The second-order valence-corrected chi connectivity index (χ2v) is 8.91. The van der Waals surface area contributed by atoms with Gasteiger partial charge in [-0.1, -0.05) is 36.4 Å². The van der Waals surface area contributed by atoms with E-state index in [-0.39, 0.29) is 16.4 Å². The van der Waals surface area contributed by atoms with Crippen molar-refractivity contribution in [1.82, 2.24) is 5.32 Å². The molecule has 2 N–H and O–H groups in total. The number of ether oxygens (including phenoxy) is 1. The van der Waals surface area contributed by atoms with Crippen LogP contribution in [0.1, 0.15) is 27.0 Å². The lowest BCUT2D eigenvalue weighted by Crippen LogP contribution is -2.28. The molecule has 3 rings (SSSR count). The van der Waals surface area contributed by atoms with E-state index in [4.69, 9.17) is 4.74 Å². The number of benzene rings is 3. The predicted molar refractivity (Wildman–Crippen MR) is 122 cm³/mol. The highest BCUT2D eigenvalue weighted by molar-refractivity contribution is 7.92. The molecular weight excluding hydrogens is 412 g/mol. The van der Waals surface area contributed by atoms with Crippen LogP contribution in [0.15, 0.2) is 71.6 Å². The van der Waals surface area contributed by atoms with Gasteiger partial charge in [-0.25, -0.2) is 8.42 Å². The standard InChI is InChI=1S/C24H26N2O4S/c1-17-8-7-11-22(19(17)3)30-15-14-25-24(27)20-13-12-18(2)23(16-20)31(28,29)26-21-9-5-4-6-10-21/h4-13,16,26H,14-15H2,1-3H3,(H,25,27). The lowest BCUT2D eigenvalue weighted by Gasteiger charge is -2.13. The summed E-state index contributed by atoms with van der Waals surface area (Å²) in [4.78, 5) is 12.6. The molecule has 0 saturated heterocycles. The van der Waals surface area contributed by atoms with Gasteiger partial charge in [-0.3, -0.25) is 9.52 Å². The zero-order valence-corrected chi connectivity index (χ0v) is 18.6. The molecule has 0 aliphatic heterocycles. The van der Waals surface area contributed by atoms with Gasteiger partial charge in [0.15, 0.2) is 0 Å². The lowest BCUT2D eigenvalue weighted by molar-refractivity contribution is 0.0946. The van der Waals surface area contributed by atoms with Gasteiger partial charge in [0, 0.05) is 11.3 Å². The van der Waals surface area contributed by atoms with Crippen LogP contribution in [0, 0.1) is 20.8 Å². The number of nitrogens with one attached hydrogen (secondary N) is 2. The maximum absolute atomic E-state index is 12.8. The molecule has 0 bridgehead atoms. The van der Waals surface area contributed by atoms with Crippen molar-refractivity contribution >= 4 is 21.6 Å². The van der Waals surface area contributed by atoms with Gasteiger partial charge in [0.2, 0.25) is 0 Å². The van der Waals surface area contributed by atoms with E-state index in [1.807, 2.05) is 32.0 Å². The Morgan fingerprint density at radius 1 is 0.903 bits per heavy atom. The van der Waals surface area contributed by atoms with Crippen molar-refractivity contribution in [2.45, 2.75) is 25.7 Å². The topological polar surface area (TPSA) is 84.5 Å². The van der Waals surface area contributed by atoms with E-state index in [9.17, 15) is 13.2 Å². The molecule has 0 aliphatic rings. The predicted octanol–water partition coefficient (Wildman–Crippen LogP) is 4.22. The summed E-state index contributed by atoms with van der Waals surface area (Å²) in [5, 5.41) is 2.77. The summed E-state index contributed by atoms with van der Waals surface area (Å²) in [6, 6.07) is 19.1. The van der Waals surface area contributed by atoms with E-state index >= 15 is 0 Å². The number of para-hydroxylation sites is 1. The Hall–Kier alpha value is -3.32. The number of hydrogen-bond acceptors (Lipinski definition) is 4. The van der Waals surface area contributed by atoms with E-state index in [0.717, 1.165) is 16.9 Å². The molecule has 162 valence electrons. The highest BCUT2D eigenvalue weighted by Crippen LogP contribution is 2.21. The lowest BCUT2D eigenvalue weighted by atomic mass is 10.1. The second-order valence-electron chi connectivity index (χ2n) is 7.25. The molecule has 7 heteroatoms. The number of rotatable bonds is 8. The third kappa shape index (κ3) is 5.64. The van der Waals surface area contributed by atoms with Gasteiger partial charge in [-0.2, -0.15) is 0 Å². The monoisotopic (exact) mass is 438 g/mol. The molecule has 31 heavy (non-hydrogen) atoms. The van der Waals surface area contributed by atoms with Gasteiger partial charge in [-0.15, -0.1) is 0 Å². The van der Waals surface area contributed by atoms with E-state index in [1.54, 1.807) is 49.4 Å². The summed E-state index contributed by atoms with van der Waals surface area (Å²) in [6.45, 7) is 6.30. The van der Waals surface area contributed by atoms with Crippen LogP contribution in [0.5, 0.6) is 5.75 Å². The highest BCUT2D eigenvalue weighted by atomic mass is 32.2. The van der Waals surface area contributed by atoms with Gasteiger partial charge >= 0.3 is 0 Å². The molecule has 0 aliphatic carbocycles. The van der Waals surface area contributed by atoms with Crippen molar-refractivity contribution in [2.75, 3.05) is 17.9 Å². The van der Waals surface area contributed by atoms with Gasteiger partial charge in [-0.05, 0) is 67.8 Å². The summed E-state index contributed by atoms with van der Waals surface area (Å²) in [5.74, 6) is 0.422. The molecule has 0 aromatic heterocycles. The van der Waals surface area contributed by atoms with Crippen molar-refractivity contribution in [3.63, 3.8) is 0 Å². The zero-order valence-electron chi connectivity index (χ0n) is 17.8. The number of carbonyl (C=O) groups is 1. The maximum Gasteiger partial charge on any atom is 0.262 e. The fraction of sp³-hybridized carbons (Fsp3) is 0.208. The number of amides is 1. The molecule has 0 fully saturated rings. The van der Waals surface area contributed by atoms with Crippen LogP contribution < -0.4 is 14.8 Å². The number of anilines is 1. The second kappa shape index (κ2) is 9.66. The minimum absolute atomic E-state index is 0.0654. The Bertz CT molecular complexity index is 1180. The Kier molecular flexibility index (Phi) is 6.97. The van der Waals surface area contributed by atoms with E-state index in [2.05, 4.69) is 10.0 Å². The maximum atomic E-state index is 12.8. The number of aryl methyl sites for hydroxylation is 2. The van der Waals surface area contributed by atoms with Crippen LogP contribution in [0.2, 0.25) is 0 Å². The zero-order chi connectivity index (χ0) is 22.4. The third-order valence-corrected chi connectivity index (χ3v) is 6.49. The van der Waals surface area contributed by atoms with Crippen LogP contribution in [-0.2, 0) is 10.0 Å². The molecular formula is C24H26N2O4S. The molecule has 0 unspecified atom stereocenters. The fourth-order valence-electron chi connectivity index (χ4n) is 3.06. The van der Waals surface area contributed by atoms with Crippen molar-refractivity contribution in [3.05, 3.63) is 89.0 Å². The SMILES string of the molecule is Cc1ccc(C(=O)NCCOc2cccc(C)c2C)cc1S(=O)(=O)Nc1ccccc1. The summed E-state index contributed by atoms with van der Waals surface area (Å²) >= 11 is 0. The van der Waals surface area contributed by atoms with Crippen molar-refractivity contribution in [1.29, 1.82) is 0 Å². The molecule has 0 atom stereocenters. The van der Waals surface area contributed by atoms with Gasteiger partial charge in [0.1, 0.15) is 12.4 Å². The Morgan fingerprint density at radius 3 is 2.39 bits per heavy atom. The molecule has 0 heterocycles. The summed E-state index contributed by atoms with van der Waals surface area (Å²) < 4.78 is 33.9. The molecule has 3 aromatic rings. The first kappa shape index (κ1) is 22.4. The quantitative estimate of drug-likeness (QED) is 0.516.